The molecule has 0 aliphatic carbocycles. The monoisotopic (exact) mass is 365 g/mol. The van der Waals surface area contributed by atoms with Crippen LogP contribution >= 0.6 is 0 Å². The predicted molar refractivity (Wildman–Crippen MR) is 98.7 cm³/mol. The summed E-state index contributed by atoms with van der Waals surface area (Å²) in [6, 6.07) is 8.03. The standard InChI is InChI=1S/C18H27N3O3S/c1-25(23,24)21-11-7-16(8-12-21)18(22)19-17-6-4-5-15(13-17)14-20-9-2-3-10-20/h4-6,13,16H,2-3,7-12,14H2,1H3,(H,19,22). The van der Waals surface area contributed by atoms with E-state index in [1.807, 2.05) is 18.2 Å². The Kier molecular flexibility index (Phi) is 5.76. The SMILES string of the molecule is CS(=O)(=O)N1CCC(C(=O)Nc2cccc(CN3CCCC3)c2)CC1. The minimum absolute atomic E-state index is 0.00789. The number of carbonyl (C=O) groups is 1. The molecule has 25 heavy (non-hydrogen) atoms. The molecule has 3 rings (SSSR count). The molecule has 1 N–H and O–H groups in total. The third kappa shape index (κ3) is 5.03. The second-order valence-corrected chi connectivity index (χ2v) is 9.09. The molecule has 6 nitrogen and oxygen atoms in total. The summed E-state index contributed by atoms with van der Waals surface area (Å²) < 4.78 is 24.6. The normalized spacial score (nSPS) is 20.7. The van der Waals surface area contributed by atoms with E-state index in [2.05, 4.69) is 16.3 Å². The zero-order chi connectivity index (χ0) is 17.9. The van der Waals surface area contributed by atoms with Gasteiger partial charge in [-0.1, -0.05) is 12.1 Å². The van der Waals surface area contributed by atoms with Crippen LogP contribution in [0.1, 0.15) is 31.2 Å². The fraction of sp³-hybridized carbons (Fsp3) is 0.611. The minimum atomic E-state index is -3.15. The van der Waals surface area contributed by atoms with Gasteiger partial charge >= 0.3 is 0 Å². The van der Waals surface area contributed by atoms with Crippen molar-refractivity contribution in [3.63, 3.8) is 0 Å². The van der Waals surface area contributed by atoms with Crippen molar-refractivity contribution in [3.05, 3.63) is 29.8 Å². The highest BCUT2D eigenvalue weighted by Gasteiger charge is 2.28. The molecule has 0 atom stereocenters. The molecule has 2 aliphatic heterocycles. The molecule has 138 valence electrons. The van der Waals surface area contributed by atoms with E-state index in [0.717, 1.165) is 25.3 Å². The quantitative estimate of drug-likeness (QED) is 0.865. The van der Waals surface area contributed by atoms with E-state index in [1.165, 1.54) is 29.0 Å². The Balaban J connectivity index is 1.54. The highest BCUT2D eigenvalue weighted by Crippen LogP contribution is 2.22. The number of hydrogen-bond donors (Lipinski definition) is 1. The minimum Gasteiger partial charge on any atom is -0.326 e. The van der Waals surface area contributed by atoms with E-state index in [0.29, 0.717) is 25.9 Å². The molecule has 0 unspecified atom stereocenters. The second-order valence-electron chi connectivity index (χ2n) is 7.11. The van der Waals surface area contributed by atoms with E-state index >= 15 is 0 Å². The largest absolute Gasteiger partial charge is 0.326 e. The Hall–Kier alpha value is -1.44. The van der Waals surface area contributed by atoms with Crippen LogP contribution < -0.4 is 5.32 Å². The number of anilines is 1. The number of amides is 1. The number of piperidine rings is 1. The van der Waals surface area contributed by atoms with Crippen molar-refractivity contribution >= 4 is 21.6 Å². The van der Waals surface area contributed by atoms with Crippen molar-refractivity contribution in [2.75, 3.05) is 37.8 Å². The van der Waals surface area contributed by atoms with Gasteiger partial charge in [-0.2, -0.15) is 0 Å². The average Bonchev–Trinajstić information content (AvgIpc) is 3.07. The van der Waals surface area contributed by atoms with Crippen molar-refractivity contribution in [2.45, 2.75) is 32.2 Å². The molecule has 1 aromatic carbocycles. The smallest absolute Gasteiger partial charge is 0.227 e. The van der Waals surface area contributed by atoms with Crippen LogP contribution in [0.5, 0.6) is 0 Å². The van der Waals surface area contributed by atoms with Gasteiger partial charge in [-0.25, -0.2) is 12.7 Å². The van der Waals surface area contributed by atoms with Crippen molar-refractivity contribution in [2.24, 2.45) is 5.92 Å². The number of carbonyl (C=O) groups excluding carboxylic acids is 1. The number of hydrogen-bond acceptors (Lipinski definition) is 4. The van der Waals surface area contributed by atoms with Gasteiger partial charge in [0.1, 0.15) is 0 Å². The van der Waals surface area contributed by atoms with Crippen molar-refractivity contribution in [3.8, 4) is 0 Å². The van der Waals surface area contributed by atoms with Crippen molar-refractivity contribution < 1.29 is 13.2 Å². The second kappa shape index (κ2) is 7.85. The van der Waals surface area contributed by atoms with Crippen LogP contribution in [0.2, 0.25) is 0 Å². The zero-order valence-corrected chi connectivity index (χ0v) is 15.6. The van der Waals surface area contributed by atoms with Crippen molar-refractivity contribution in [1.29, 1.82) is 0 Å². The maximum absolute atomic E-state index is 12.5. The lowest BCUT2D eigenvalue weighted by atomic mass is 9.97. The fourth-order valence-corrected chi connectivity index (χ4v) is 4.51. The van der Waals surface area contributed by atoms with E-state index < -0.39 is 10.0 Å². The highest BCUT2D eigenvalue weighted by atomic mass is 32.2. The topological polar surface area (TPSA) is 69.7 Å². The molecule has 7 heteroatoms. The van der Waals surface area contributed by atoms with Crippen LogP contribution in [0.15, 0.2) is 24.3 Å². The van der Waals surface area contributed by atoms with Crippen LogP contribution in [0.3, 0.4) is 0 Å². The van der Waals surface area contributed by atoms with Crippen LogP contribution in [0.25, 0.3) is 0 Å². The number of nitrogens with zero attached hydrogens (tertiary/aromatic N) is 2. The van der Waals surface area contributed by atoms with Gasteiger partial charge in [-0.05, 0) is 56.5 Å². The highest BCUT2D eigenvalue weighted by molar-refractivity contribution is 7.88. The van der Waals surface area contributed by atoms with Crippen LogP contribution in [0, 0.1) is 5.92 Å². The number of rotatable bonds is 5. The summed E-state index contributed by atoms with van der Waals surface area (Å²) in [6.45, 7) is 4.07. The van der Waals surface area contributed by atoms with E-state index in [1.54, 1.807) is 0 Å². The summed E-state index contributed by atoms with van der Waals surface area (Å²) in [7, 11) is -3.15. The molecular formula is C18H27N3O3S. The Labute approximate surface area is 150 Å². The number of sulfonamides is 1. The number of benzene rings is 1. The van der Waals surface area contributed by atoms with Gasteiger partial charge in [0.2, 0.25) is 15.9 Å². The van der Waals surface area contributed by atoms with Crippen LogP contribution in [-0.4, -0.2) is 56.0 Å². The van der Waals surface area contributed by atoms with Crippen molar-refractivity contribution in [1.82, 2.24) is 9.21 Å². The Morgan fingerprint density at radius 1 is 1.16 bits per heavy atom. The van der Waals surface area contributed by atoms with Gasteiger partial charge in [0.25, 0.3) is 0 Å². The Bertz CT molecular complexity index is 706. The first-order valence-electron chi connectivity index (χ1n) is 8.99. The third-order valence-electron chi connectivity index (χ3n) is 5.09. The van der Waals surface area contributed by atoms with Gasteiger partial charge < -0.3 is 5.32 Å². The first-order valence-corrected chi connectivity index (χ1v) is 10.8. The van der Waals surface area contributed by atoms with E-state index in [4.69, 9.17) is 0 Å². The summed E-state index contributed by atoms with van der Waals surface area (Å²) in [5, 5.41) is 3.01. The van der Waals surface area contributed by atoms with Crippen LogP contribution in [-0.2, 0) is 21.4 Å². The van der Waals surface area contributed by atoms with E-state index in [-0.39, 0.29) is 11.8 Å². The first-order chi connectivity index (χ1) is 11.9. The van der Waals surface area contributed by atoms with Gasteiger partial charge in [0.15, 0.2) is 0 Å². The zero-order valence-electron chi connectivity index (χ0n) is 14.8. The van der Waals surface area contributed by atoms with Gasteiger partial charge in [0, 0.05) is 31.2 Å². The molecule has 2 aliphatic rings. The summed E-state index contributed by atoms with van der Waals surface area (Å²) in [5.41, 5.74) is 2.04. The molecule has 0 saturated carbocycles. The molecule has 0 radical (unpaired) electrons. The molecule has 1 amide bonds. The molecular weight excluding hydrogens is 338 g/mol. The van der Waals surface area contributed by atoms with Gasteiger partial charge in [-0.15, -0.1) is 0 Å². The number of likely N-dealkylation sites (tertiary alicyclic amines) is 1. The Morgan fingerprint density at radius 2 is 1.84 bits per heavy atom. The van der Waals surface area contributed by atoms with Gasteiger partial charge in [0.05, 0.1) is 6.26 Å². The average molecular weight is 365 g/mol. The van der Waals surface area contributed by atoms with Gasteiger partial charge in [-0.3, -0.25) is 9.69 Å². The maximum Gasteiger partial charge on any atom is 0.227 e. The summed E-state index contributed by atoms with van der Waals surface area (Å²) in [5.74, 6) is -0.133. The third-order valence-corrected chi connectivity index (χ3v) is 6.40. The molecule has 1 aromatic rings. The molecule has 2 fully saturated rings. The fourth-order valence-electron chi connectivity index (χ4n) is 3.64. The predicted octanol–water partition coefficient (Wildman–Crippen LogP) is 1.89. The maximum atomic E-state index is 12.5. The lowest BCUT2D eigenvalue weighted by Crippen LogP contribution is -2.40. The molecule has 2 saturated heterocycles. The lowest BCUT2D eigenvalue weighted by molar-refractivity contribution is -0.120. The summed E-state index contributed by atoms with van der Waals surface area (Å²) in [6.07, 6.45) is 4.91. The summed E-state index contributed by atoms with van der Waals surface area (Å²) in [4.78, 5) is 14.9. The first kappa shape index (κ1) is 18.4. The lowest BCUT2D eigenvalue weighted by Gasteiger charge is -2.29. The molecule has 0 aromatic heterocycles. The molecule has 0 bridgehead atoms. The Morgan fingerprint density at radius 3 is 2.48 bits per heavy atom. The van der Waals surface area contributed by atoms with E-state index in [9.17, 15) is 13.2 Å². The molecule has 2 heterocycles. The summed E-state index contributed by atoms with van der Waals surface area (Å²) >= 11 is 0. The molecule has 0 spiro atoms. The van der Waals surface area contributed by atoms with Crippen LogP contribution in [0.4, 0.5) is 5.69 Å². The number of nitrogens with one attached hydrogen (secondary N) is 1.